The van der Waals surface area contributed by atoms with Crippen LogP contribution in [0.3, 0.4) is 0 Å². The van der Waals surface area contributed by atoms with Gasteiger partial charge in [-0.05, 0) is 41.8 Å². The quantitative estimate of drug-likeness (QED) is 0.904. The third kappa shape index (κ3) is 3.48. The van der Waals surface area contributed by atoms with E-state index in [0.29, 0.717) is 16.8 Å². The van der Waals surface area contributed by atoms with Crippen LogP contribution in [0, 0.1) is 0 Å². The van der Waals surface area contributed by atoms with Crippen molar-refractivity contribution in [1.82, 2.24) is 0 Å². The number of primary amides is 1. The highest BCUT2D eigenvalue weighted by atomic mass is 16.2. The fourth-order valence-corrected chi connectivity index (χ4v) is 2.12. The summed E-state index contributed by atoms with van der Waals surface area (Å²) in [5, 5.41) is 2.83. The zero-order chi connectivity index (χ0) is 15.4. The Kier molecular flexibility index (Phi) is 4.38. The molecule has 0 aliphatic rings. The molecule has 4 heteroatoms. The third-order valence-corrected chi connectivity index (χ3v) is 3.25. The summed E-state index contributed by atoms with van der Waals surface area (Å²) in [6.45, 7) is 4.10. The first-order chi connectivity index (χ1) is 9.99. The Bertz CT molecular complexity index is 661. The lowest BCUT2D eigenvalue weighted by molar-refractivity contribution is 0.0998. The van der Waals surface area contributed by atoms with Gasteiger partial charge in [0.1, 0.15) is 0 Å². The topological polar surface area (TPSA) is 72.2 Å². The van der Waals surface area contributed by atoms with Crippen molar-refractivity contribution in [2.75, 3.05) is 5.32 Å². The maximum atomic E-state index is 12.4. The van der Waals surface area contributed by atoms with Crippen molar-refractivity contribution in [2.45, 2.75) is 19.8 Å². The van der Waals surface area contributed by atoms with Gasteiger partial charge in [-0.25, -0.2) is 0 Å². The van der Waals surface area contributed by atoms with Gasteiger partial charge in [-0.3, -0.25) is 9.59 Å². The van der Waals surface area contributed by atoms with E-state index in [1.807, 2.05) is 38.1 Å². The van der Waals surface area contributed by atoms with E-state index in [0.717, 1.165) is 5.56 Å². The van der Waals surface area contributed by atoms with E-state index in [4.69, 9.17) is 5.73 Å². The summed E-state index contributed by atoms with van der Waals surface area (Å²) in [5.41, 5.74) is 7.89. The first kappa shape index (κ1) is 14.8. The van der Waals surface area contributed by atoms with E-state index in [9.17, 15) is 9.59 Å². The second kappa shape index (κ2) is 6.22. The highest BCUT2D eigenvalue weighted by Crippen LogP contribution is 2.20. The number of carbonyl (C=O) groups excluding carboxylic acids is 2. The van der Waals surface area contributed by atoms with E-state index < -0.39 is 5.91 Å². The van der Waals surface area contributed by atoms with Crippen LogP contribution in [0.1, 0.15) is 46.0 Å². The third-order valence-electron chi connectivity index (χ3n) is 3.25. The Morgan fingerprint density at radius 3 is 2.19 bits per heavy atom. The van der Waals surface area contributed by atoms with Crippen LogP contribution in [0.2, 0.25) is 0 Å². The van der Waals surface area contributed by atoms with Gasteiger partial charge >= 0.3 is 0 Å². The lowest BCUT2D eigenvalue weighted by atomic mass is 9.97. The molecule has 0 fully saturated rings. The number of amides is 2. The van der Waals surface area contributed by atoms with Crippen LogP contribution >= 0.6 is 0 Å². The maximum absolute atomic E-state index is 12.4. The van der Waals surface area contributed by atoms with Crippen LogP contribution in [0.4, 0.5) is 5.69 Å². The molecule has 0 spiro atoms. The van der Waals surface area contributed by atoms with Crippen LogP contribution < -0.4 is 11.1 Å². The number of carbonyl (C=O) groups is 2. The van der Waals surface area contributed by atoms with Crippen LogP contribution in [0.15, 0.2) is 48.5 Å². The van der Waals surface area contributed by atoms with Crippen molar-refractivity contribution < 1.29 is 9.59 Å². The fourth-order valence-electron chi connectivity index (χ4n) is 2.12. The summed E-state index contributed by atoms with van der Waals surface area (Å²) >= 11 is 0. The molecule has 2 rings (SSSR count). The molecular formula is C17H18N2O2. The van der Waals surface area contributed by atoms with Gasteiger partial charge < -0.3 is 11.1 Å². The van der Waals surface area contributed by atoms with Crippen molar-refractivity contribution in [3.8, 4) is 0 Å². The summed E-state index contributed by atoms with van der Waals surface area (Å²) in [5.74, 6) is -0.381. The van der Waals surface area contributed by atoms with Crippen molar-refractivity contribution in [3.63, 3.8) is 0 Å². The molecule has 0 aliphatic heterocycles. The van der Waals surface area contributed by atoms with Crippen molar-refractivity contribution >= 4 is 17.5 Å². The van der Waals surface area contributed by atoms with E-state index in [2.05, 4.69) is 5.32 Å². The molecule has 0 aromatic heterocycles. The number of benzene rings is 2. The lowest BCUT2D eigenvalue weighted by Gasteiger charge is -2.12. The van der Waals surface area contributed by atoms with Gasteiger partial charge in [0.2, 0.25) is 5.91 Å². The second-order valence-corrected chi connectivity index (χ2v) is 5.14. The van der Waals surface area contributed by atoms with E-state index in [1.54, 1.807) is 24.3 Å². The second-order valence-electron chi connectivity index (χ2n) is 5.14. The van der Waals surface area contributed by atoms with Gasteiger partial charge in [-0.15, -0.1) is 0 Å². The number of rotatable bonds is 4. The predicted molar refractivity (Wildman–Crippen MR) is 83.4 cm³/mol. The molecule has 0 heterocycles. The number of hydrogen-bond acceptors (Lipinski definition) is 2. The first-order valence-electron chi connectivity index (χ1n) is 6.79. The zero-order valence-corrected chi connectivity index (χ0v) is 12.1. The summed E-state index contributed by atoms with van der Waals surface area (Å²) in [7, 11) is 0. The Hall–Kier alpha value is -2.62. The minimum atomic E-state index is -0.488. The van der Waals surface area contributed by atoms with Crippen LogP contribution in [0.25, 0.3) is 0 Å². The van der Waals surface area contributed by atoms with Gasteiger partial charge in [0, 0.05) is 16.8 Å². The molecule has 0 radical (unpaired) electrons. The SMILES string of the molecule is CC(C)c1ccccc1C(=O)Nc1ccc(C(N)=O)cc1. The number of nitrogens with two attached hydrogens (primary N) is 1. The molecule has 108 valence electrons. The van der Waals surface area contributed by atoms with Gasteiger partial charge in [-0.2, -0.15) is 0 Å². The smallest absolute Gasteiger partial charge is 0.255 e. The minimum absolute atomic E-state index is 0.161. The van der Waals surface area contributed by atoms with Gasteiger partial charge in [-0.1, -0.05) is 32.0 Å². The normalized spacial score (nSPS) is 10.4. The van der Waals surface area contributed by atoms with Crippen molar-refractivity contribution in [3.05, 3.63) is 65.2 Å². The molecule has 21 heavy (non-hydrogen) atoms. The average molecular weight is 282 g/mol. The highest BCUT2D eigenvalue weighted by molar-refractivity contribution is 6.05. The molecule has 0 saturated carbocycles. The van der Waals surface area contributed by atoms with Crippen LogP contribution in [-0.4, -0.2) is 11.8 Å². The molecule has 2 aromatic carbocycles. The van der Waals surface area contributed by atoms with E-state index >= 15 is 0 Å². The predicted octanol–water partition coefficient (Wildman–Crippen LogP) is 3.16. The molecule has 0 saturated heterocycles. The summed E-state index contributed by atoms with van der Waals surface area (Å²) in [6, 6.07) is 14.0. The molecule has 3 N–H and O–H groups in total. The van der Waals surface area contributed by atoms with Gasteiger partial charge in [0.05, 0.1) is 0 Å². The van der Waals surface area contributed by atoms with E-state index in [-0.39, 0.29) is 11.8 Å². The van der Waals surface area contributed by atoms with Crippen LogP contribution in [-0.2, 0) is 0 Å². The molecule has 2 amide bonds. The monoisotopic (exact) mass is 282 g/mol. The number of nitrogens with one attached hydrogen (secondary N) is 1. The Morgan fingerprint density at radius 1 is 1.00 bits per heavy atom. The van der Waals surface area contributed by atoms with Gasteiger partial charge in [0.25, 0.3) is 5.91 Å². The molecule has 0 unspecified atom stereocenters. The molecule has 0 bridgehead atoms. The molecule has 0 aliphatic carbocycles. The molecular weight excluding hydrogens is 264 g/mol. The Balaban J connectivity index is 2.20. The molecule has 2 aromatic rings. The Labute approximate surface area is 124 Å². The van der Waals surface area contributed by atoms with Crippen molar-refractivity contribution in [1.29, 1.82) is 0 Å². The summed E-state index contributed by atoms with van der Waals surface area (Å²) in [6.07, 6.45) is 0. The van der Waals surface area contributed by atoms with E-state index in [1.165, 1.54) is 0 Å². The highest BCUT2D eigenvalue weighted by Gasteiger charge is 2.13. The fraction of sp³-hybridized carbons (Fsp3) is 0.176. The number of hydrogen-bond donors (Lipinski definition) is 2. The van der Waals surface area contributed by atoms with Gasteiger partial charge in [0.15, 0.2) is 0 Å². The average Bonchev–Trinajstić information content (AvgIpc) is 2.47. The largest absolute Gasteiger partial charge is 0.366 e. The minimum Gasteiger partial charge on any atom is -0.366 e. The summed E-state index contributed by atoms with van der Waals surface area (Å²) in [4.78, 5) is 23.4. The zero-order valence-electron chi connectivity index (χ0n) is 12.1. The Morgan fingerprint density at radius 2 is 1.62 bits per heavy atom. The maximum Gasteiger partial charge on any atom is 0.255 e. The number of anilines is 1. The lowest BCUT2D eigenvalue weighted by Crippen LogP contribution is -2.15. The molecule has 0 atom stereocenters. The van der Waals surface area contributed by atoms with Crippen LogP contribution in [0.5, 0.6) is 0 Å². The first-order valence-corrected chi connectivity index (χ1v) is 6.79. The van der Waals surface area contributed by atoms with Crippen molar-refractivity contribution in [2.24, 2.45) is 5.73 Å². The molecule has 4 nitrogen and oxygen atoms in total. The standard InChI is InChI=1S/C17H18N2O2/c1-11(2)14-5-3-4-6-15(14)17(21)19-13-9-7-12(8-10-13)16(18)20/h3-11H,1-2H3,(H2,18,20)(H,19,21). The summed E-state index contributed by atoms with van der Waals surface area (Å²) < 4.78 is 0.